The normalized spacial score (nSPS) is 12.1. The molecule has 1 aromatic heterocycles. The third kappa shape index (κ3) is 41.4. The lowest BCUT2D eigenvalue weighted by molar-refractivity contribution is -0.143. The standard InChI is InChI=1S/C50H95N3O6S4/c1-7-9-11-13-15-17-19-21-23-25-36-56-38-42-60-49(3,4)62-44-40-58-47(54)28-33-52(31-27-32-53-35-30-51-46-53)34-29-48(55)59-41-45-63-50(5,6)61-43-39-57-37-26-24-22-20-18-16-14-12-10-8-2/h30,35,46H,7-29,31-34,36-45H2,1-6H3. The summed E-state index contributed by atoms with van der Waals surface area (Å²) < 4.78 is 25.2. The molecule has 0 aromatic carbocycles. The minimum atomic E-state index is -0.193. The van der Waals surface area contributed by atoms with Crippen LogP contribution in [0.1, 0.15) is 189 Å². The molecule has 0 atom stereocenters. The maximum absolute atomic E-state index is 12.7. The first-order chi connectivity index (χ1) is 30.6. The molecule has 63 heavy (non-hydrogen) atoms. The predicted molar refractivity (Wildman–Crippen MR) is 278 cm³/mol. The third-order valence-corrected chi connectivity index (χ3v) is 16.6. The predicted octanol–water partition coefficient (Wildman–Crippen LogP) is 13.7. The fourth-order valence-electron chi connectivity index (χ4n) is 7.12. The van der Waals surface area contributed by atoms with Crippen LogP contribution in [-0.2, 0) is 35.1 Å². The SMILES string of the molecule is CCCCCCCCCCCCOCCSC(C)(C)SCCOC(=O)CCN(CCCn1ccnc1)CCC(=O)OCCSC(C)(C)SCCOCCCCCCCCCCCC. The van der Waals surface area contributed by atoms with Crippen LogP contribution in [0.2, 0.25) is 0 Å². The number of aromatic nitrogens is 2. The molecule has 0 N–H and O–H groups in total. The van der Waals surface area contributed by atoms with Crippen molar-refractivity contribution in [1.29, 1.82) is 0 Å². The number of aryl methyl sites for hydroxylation is 1. The summed E-state index contributed by atoms with van der Waals surface area (Å²) in [6, 6.07) is 0. The molecule has 13 heteroatoms. The maximum atomic E-state index is 12.7. The first-order valence-corrected chi connectivity index (χ1v) is 29.2. The van der Waals surface area contributed by atoms with Crippen LogP contribution in [0.25, 0.3) is 0 Å². The van der Waals surface area contributed by atoms with Gasteiger partial charge in [0.15, 0.2) is 0 Å². The molecule has 9 nitrogen and oxygen atoms in total. The van der Waals surface area contributed by atoms with E-state index in [2.05, 4.69) is 51.4 Å². The highest BCUT2D eigenvalue weighted by Gasteiger charge is 2.20. The van der Waals surface area contributed by atoms with Crippen LogP contribution >= 0.6 is 47.0 Å². The maximum Gasteiger partial charge on any atom is 0.307 e. The van der Waals surface area contributed by atoms with E-state index in [-0.39, 0.29) is 20.1 Å². The third-order valence-electron chi connectivity index (χ3n) is 10.9. The van der Waals surface area contributed by atoms with Crippen molar-refractivity contribution in [1.82, 2.24) is 14.5 Å². The van der Waals surface area contributed by atoms with E-state index >= 15 is 0 Å². The number of esters is 2. The van der Waals surface area contributed by atoms with Crippen LogP contribution in [-0.4, -0.2) is 117 Å². The van der Waals surface area contributed by atoms with E-state index in [1.165, 1.54) is 116 Å². The van der Waals surface area contributed by atoms with Crippen LogP contribution in [0.5, 0.6) is 0 Å². The summed E-state index contributed by atoms with van der Waals surface area (Å²) in [5.74, 6) is 3.06. The molecule has 0 saturated carbocycles. The number of hydrogen-bond acceptors (Lipinski definition) is 12. The molecular weight excluding hydrogens is 867 g/mol. The Morgan fingerprint density at radius 2 is 0.889 bits per heavy atom. The second kappa shape index (κ2) is 42.8. The molecule has 0 aliphatic carbocycles. The average Bonchev–Trinajstić information content (AvgIpc) is 3.78. The van der Waals surface area contributed by atoms with Gasteiger partial charge in [0, 0.05) is 68.3 Å². The van der Waals surface area contributed by atoms with E-state index in [0.29, 0.717) is 39.1 Å². The Morgan fingerprint density at radius 3 is 1.27 bits per heavy atom. The molecule has 0 aliphatic heterocycles. The molecule has 370 valence electrons. The van der Waals surface area contributed by atoms with Crippen LogP contribution in [0.3, 0.4) is 0 Å². The largest absolute Gasteiger partial charge is 0.465 e. The number of hydrogen-bond donors (Lipinski definition) is 0. The summed E-state index contributed by atoms with van der Waals surface area (Å²) >= 11 is 7.46. The zero-order chi connectivity index (χ0) is 46.0. The lowest BCUT2D eigenvalue weighted by atomic mass is 10.1. The first-order valence-electron chi connectivity index (χ1n) is 25.3. The molecule has 0 amide bonds. The molecule has 1 heterocycles. The molecule has 0 bridgehead atoms. The van der Waals surface area contributed by atoms with E-state index in [1.54, 1.807) is 6.20 Å². The molecule has 1 aromatic rings. The summed E-state index contributed by atoms with van der Waals surface area (Å²) in [6.07, 6.45) is 33.9. The summed E-state index contributed by atoms with van der Waals surface area (Å²) in [7, 11) is 0. The van der Waals surface area contributed by atoms with Gasteiger partial charge in [-0.05, 0) is 53.5 Å². The molecule has 0 saturated heterocycles. The number of carbonyl (C=O) groups excluding carboxylic acids is 2. The highest BCUT2D eigenvalue weighted by atomic mass is 32.2. The molecule has 0 spiro atoms. The Balaban J connectivity index is 2.18. The lowest BCUT2D eigenvalue weighted by Crippen LogP contribution is -2.31. The van der Waals surface area contributed by atoms with E-state index in [4.69, 9.17) is 18.9 Å². The topological polar surface area (TPSA) is 92.1 Å². The van der Waals surface area contributed by atoms with Crippen LogP contribution in [0, 0.1) is 0 Å². The van der Waals surface area contributed by atoms with Gasteiger partial charge in [-0.25, -0.2) is 4.98 Å². The van der Waals surface area contributed by atoms with Crippen LogP contribution in [0.4, 0.5) is 0 Å². The number of thioether (sulfide) groups is 4. The van der Waals surface area contributed by atoms with E-state index in [1.807, 2.05) is 64.1 Å². The van der Waals surface area contributed by atoms with Gasteiger partial charge in [0.05, 0.1) is 40.5 Å². The smallest absolute Gasteiger partial charge is 0.307 e. The van der Waals surface area contributed by atoms with Gasteiger partial charge >= 0.3 is 11.9 Å². The molecule has 0 aliphatic rings. The Bertz CT molecular complexity index is 1100. The highest BCUT2D eigenvalue weighted by Crippen LogP contribution is 2.37. The minimum Gasteiger partial charge on any atom is -0.465 e. The van der Waals surface area contributed by atoms with Gasteiger partial charge in [-0.3, -0.25) is 9.59 Å². The van der Waals surface area contributed by atoms with E-state index in [9.17, 15) is 9.59 Å². The number of ether oxygens (including phenoxy) is 4. The number of nitrogens with zero attached hydrogens (tertiary/aromatic N) is 3. The molecule has 0 radical (unpaired) electrons. The summed E-state index contributed by atoms with van der Waals surface area (Å²) in [5, 5.41) is 0. The van der Waals surface area contributed by atoms with Gasteiger partial charge in [-0.15, -0.1) is 47.0 Å². The van der Waals surface area contributed by atoms with Crippen molar-refractivity contribution >= 4 is 59.0 Å². The fraction of sp³-hybridized carbons (Fsp3) is 0.900. The monoisotopic (exact) mass is 962 g/mol. The Morgan fingerprint density at radius 1 is 0.508 bits per heavy atom. The molecule has 0 unspecified atom stereocenters. The van der Waals surface area contributed by atoms with Gasteiger partial charge < -0.3 is 28.4 Å². The first kappa shape index (κ1) is 60.4. The van der Waals surface area contributed by atoms with Crippen molar-refractivity contribution in [2.45, 2.75) is 204 Å². The van der Waals surface area contributed by atoms with Crippen LogP contribution < -0.4 is 0 Å². The number of rotatable bonds is 48. The van der Waals surface area contributed by atoms with Crippen molar-refractivity contribution < 1.29 is 28.5 Å². The summed E-state index contributed by atoms with van der Waals surface area (Å²) in [5.41, 5.74) is 0. The van der Waals surface area contributed by atoms with Crippen molar-refractivity contribution in [2.24, 2.45) is 0 Å². The Labute approximate surface area is 404 Å². The van der Waals surface area contributed by atoms with Gasteiger partial charge in [0.1, 0.15) is 13.2 Å². The van der Waals surface area contributed by atoms with Crippen molar-refractivity contribution in [3.8, 4) is 0 Å². The minimum absolute atomic E-state index is 0.0301. The Kier molecular flexibility index (Phi) is 41.0. The number of imidazole rings is 1. The quantitative estimate of drug-likeness (QED) is 0.0354. The second-order valence-corrected chi connectivity index (χ2v) is 25.1. The van der Waals surface area contributed by atoms with Gasteiger partial charge in [0.2, 0.25) is 0 Å². The number of carbonyl (C=O) groups is 2. The summed E-state index contributed by atoms with van der Waals surface area (Å²) in [4.78, 5) is 31.8. The zero-order valence-electron chi connectivity index (χ0n) is 41.3. The van der Waals surface area contributed by atoms with Gasteiger partial charge in [-0.2, -0.15) is 0 Å². The van der Waals surface area contributed by atoms with Gasteiger partial charge in [0.25, 0.3) is 0 Å². The molecule has 1 rings (SSSR count). The number of unbranched alkanes of at least 4 members (excludes halogenated alkanes) is 18. The second-order valence-electron chi connectivity index (χ2n) is 17.7. The molecule has 0 fully saturated rings. The fourth-order valence-corrected chi connectivity index (χ4v) is 11.5. The van der Waals surface area contributed by atoms with E-state index in [0.717, 1.165) is 81.8 Å². The van der Waals surface area contributed by atoms with Gasteiger partial charge in [-0.1, -0.05) is 129 Å². The van der Waals surface area contributed by atoms with Crippen LogP contribution in [0.15, 0.2) is 18.7 Å². The zero-order valence-corrected chi connectivity index (χ0v) is 44.6. The van der Waals surface area contributed by atoms with Crippen molar-refractivity contribution in [2.75, 3.05) is 82.3 Å². The average molecular weight is 963 g/mol. The lowest BCUT2D eigenvalue weighted by Gasteiger charge is -2.24. The van der Waals surface area contributed by atoms with Crippen molar-refractivity contribution in [3.05, 3.63) is 18.7 Å². The van der Waals surface area contributed by atoms with E-state index < -0.39 is 0 Å². The Hall–Kier alpha value is -0.570. The molecular formula is C50H95N3O6S4. The highest BCUT2D eigenvalue weighted by molar-refractivity contribution is 8.18. The van der Waals surface area contributed by atoms with Crippen molar-refractivity contribution in [3.63, 3.8) is 0 Å². The summed E-state index contributed by atoms with van der Waals surface area (Å²) in [6.45, 7) is 20.3.